The molecule has 6 nitrogen and oxygen atoms in total. The van der Waals surface area contributed by atoms with Crippen molar-refractivity contribution >= 4 is 36.0 Å². The Labute approximate surface area is 132 Å². The van der Waals surface area contributed by atoms with E-state index in [-0.39, 0.29) is 24.0 Å². The van der Waals surface area contributed by atoms with Crippen LogP contribution in [0, 0.1) is 0 Å². The Hall–Kier alpha value is -0.730. The summed E-state index contributed by atoms with van der Waals surface area (Å²) >= 11 is 0. The number of nitrogens with two attached hydrogens (primary N) is 1. The molecule has 0 aromatic rings. The molecule has 112 valence electrons. The van der Waals surface area contributed by atoms with Gasteiger partial charge in [0.25, 0.3) is 0 Å². The maximum absolute atomic E-state index is 11.3. The second kappa shape index (κ2) is 7.76. The number of alkyl carbamates (subject to hydrolysis) is 1. The Morgan fingerprint density at radius 3 is 2.53 bits per heavy atom. The van der Waals surface area contributed by atoms with Crippen molar-refractivity contribution in [2.75, 3.05) is 20.1 Å². The molecule has 1 rings (SSSR count). The number of hydrogen-bond acceptors (Lipinski definition) is 3. The number of guanidine groups is 1. The zero-order valence-corrected chi connectivity index (χ0v) is 14.4. The summed E-state index contributed by atoms with van der Waals surface area (Å²) < 4.78 is 5.10. The lowest BCUT2D eigenvalue weighted by Gasteiger charge is -2.19. The Morgan fingerprint density at radius 1 is 1.47 bits per heavy atom. The summed E-state index contributed by atoms with van der Waals surface area (Å²) in [5, 5.41) is 2.64. The Kier molecular flexibility index (Phi) is 7.46. The van der Waals surface area contributed by atoms with Crippen molar-refractivity contribution in [3.05, 3.63) is 0 Å². The maximum Gasteiger partial charge on any atom is 0.407 e. The summed E-state index contributed by atoms with van der Waals surface area (Å²) in [4.78, 5) is 17.5. The summed E-state index contributed by atoms with van der Waals surface area (Å²) in [5.41, 5.74) is 5.34. The summed E-state index contributed by atoms with van der Waals surface area (Å²) in [6.45, 7) is 6.37. The number of halogens is 1. The minimum absolute atomic E-state index is 0. The van der Waals surface area contributed by atoms with Crippen molar-refractivity contribution < 1.29 is 9.53 Å². The Bertz CT molecular complexity index is 324. The molecule has 0 heterocycles. The maximum atomic E-state index is 11.3. The van der Waals surface area contributed by atoms with Crippen LogP contribution in [0.1, 0.15) is 33.6 Å². The molecule has 0 aromatic carbocycles. The van der Waals surface area contributed by atoms with Crippen LogP contribution in [0.3, 0.4) is 0 Å². The van der Waals surface area contributed by atoms with E-state index in [2.05, 4.69) is 10.3 Å². The highest BCUT2D eigenvalue weighted by molar-refractivity contribution is 14.0. The zero-order valence-electron chi connectivity index (χ0n) is 12.1. The van der Waals surface area contributed by atoms with Crippen LogP contribution in [0.5, 0.6) is 0 Å². The van der Waals surface area contributed by atoms with E-state index in [0.717, 1.165) is 0 Å². The first-order valence-electron chi connectivity index (χ1n) is 6.29. The lowest BCUT2D eigenvalue weighted by atomic mass is 10.2. The van der Waals surface area contributed by atoms with Gasteiger partial charge in [-0.05, 0) is 33.6 Å². The third-order valence-corrected chi connectivity index (χ3v) is 2.51. The van der Waals surface area contributed by atoms with Gasteiger partial charge in [0.15, 0.2) is 5.96 Å². The molecule has 0 radical (unpaired) electrons. The first-order valence-corrected chi connectivity index (χ1v) is 6.29. The summed E-state index contributed by atoms with van der Waals surface area (Å²) in [6.07, 6.45) is 1.94. The number of nitrogens with one attached hydrogen (secondary N) is 1. The second-order valence-corrected chi connectivity index (χ2v) is 5.51. The zero-order chi connectivity index (χ0) is 13.8. The summed E-state index contributed by atoms with van der Waals surface area (Å²) in [6, 6.07) is 0.549. The van der Waals surface area contributed by atoms with Crippen LogP contribution in [0.15, 0.2) is 4.99 Å². The highest BCUT2D eigenvalue weighted by Crippen LogP contribution is 2.24. The first kappa shape index (κ1) is 18.3. The van der Waals surface area contributed by atoms with Crippen molar-refractivity contribution in [3.63, 3.8) is 0 Å². The molecule has 0 aromatic heterocycles. The fraction of sp³-hybridized carbons (Fsp3) is 0.833. The average molecular weight is 384 g/mol. The van der Waals surface area contributed by atoms with Crippen molar-refractivity contribution in [2.45, 2.75) is 45.3 Å². The number of nitrogens with zero attached hydrogens (tertiary/aromatic N) is 2. The minimum atomic E-state index is -0.474. The monoisotopic (exact) mass is 384 g/mol. The van der Waals surface area contributed by atoms with Crippen LogP contribution in [0.4, 0.5) is 4.79 Å². The van der Waals surface area contributed by atoms with Gasteiger partial charge in [0.1, 0.15) is 5.60 Å². The van der Waals surface area contributed by atoms with Gasteiger partial charge in [0, 0.05) is 19.6 Å². The lowest BCUT2D eigenvalue weighted by molar-refractivity contribution is 0.0529. The molecule has 1 amide bonds. The molecule has 19 heavy (non-hydrogen) atoms. The average Bonchev–Trinajstić information content (AvgIpc) is 3.04. The molecule has 0 saturated heterocycles. The van der Waals surface area contributed by atoms with Gasteiger partial charge in [-0.1, -0.05) is 0 Å². The topological polar surface area (TPSA) is 80.0 Å². The molecule has 1 saturated carbocycles. The molecule has 1 fully saturated rings. The highest BCUT2D eigenvalue weighted by Gasteiger charge is 2.27. The third kappa shape index (κ3) is 8.12. The lowest BCUT2D eigenvalue weighted by Crippen LogP contribution is -2.37. The van der Waals surface area contributed by atoms with Gasteiger partial charge in [-0.2, -0.15) is 0 Å². The predicted octanol–water partition coefficient (Wildman–Crippen LogP) is 1.54. The van der Waals surface area contributed by atoms with Crippen LogP contribution in [0.25, 0.3) is 0 Å². The van der Waals surface area contributed by atoms with Crippen LogP contribution in [0.2, 0.25) is 0 Å². The van der Waals surface area contributed by atoms with E-state index in [1.54, 1.807) is 0 Å². The molecule has 1 aliphatic rings. The molecule has 0 atom stereocenters. The van der Waals surface area contributed by atoms with Crippen LogP contribution in [-0.4, -0.2) is 48.7 Å². The Balaban J connectivity index is 0.00000324. The van der Waals surface area contributed by atoms with Crippen LogP contribution < -0.4 is 11.1 Å². The van der Waals surface area contributed by atoms with E-state index < -0.39 is 11.7 Å². The second-order valence-electron chi connectivity index (χ2n) is 5.51. The van der Waals surface area contributed by atoms with E-state index in [4.69, 9.17) is 10.5 Å². The molecular formula is C12H25IN4O2. The van der Waals surface area contributed by atoms with Gasteiger partial charge in [0.2, 0.25) is 0 Å². The van der Waals surface area contributed by atoms with Crippen LogP contribution in [-0.2, 0) is 4.74 Å². The van der Waals surface area contributed by atoms with Crippen molar-refractivity contribution in [1.29, 1.82) is 0 Å². The van der Waals surface area contributed by atoms with Gasteiger partial charge in [-0.15, -0.1) is 24.0 Å². The molecule has 0 unspecified atom stereocenters. The Morgan fingerprint density at radius 2 is 2.05 bits per heavy atom. The quantitative estimate of drug-likeness (QED) is 0.334. The van der Waals surface area contributed by atoms with Gasteiger partial charge in [-0.25, -0.2) is 4.79 Å². The highest BCUT2D eigenvalue weighted by atomic mass is 127. The summed E-state index contributed by atoms with van der Waals surface area (Å²) in [7, 11) is 1.94. The number of ether oxygens (including phenoxy) is 1. The number of hydrogen-bond donors (Lipinski definition) is 2. The van der Waals surface area contributed by atoms with Gasteiger partial charge < -0.3 is 20.7 Å². The van der Waals surface area contributed by atoms with Crippen molar-refractivity contribution in [2.24, 2.45) is 10.7 Å². The fourth-order valence-corrected chi connectivity index (χ4v) is 1.40. The number of carbonyl (C=O) groups excluding carboxylic acids is 1. The van der Waals surface area contributed by atoms with E-state index in [9.17, 15) is 4.79 Å². The van der Waals surface area contributed by atoms with Crippen LogP contribution >= 0.6 is 24.0 Å². The standard InChI is InChI=1S/C12H24N4O2.HI/c1-12(2,3)18-11(17)15-8-7-14-10(13)16(4)9-5-6-9;/h9H,5-8H2,1-4H3,(H2,13,14)(H,15,17);1H. The first-order chi connectivity index (χ1) is 8.29. The van der Waals surface area contributed by atoms with Gasteiger partial charge in [-0.3, -0.25) is 4.99 Å². The molecule has 1 aliphatic carbocycles. The molecule has 3 N–H and O–H groups in total. The SMILES string of the molecule is CN(C(N)=NCCNC(=O)OC(C)(C)C)C1CC1.I. The van der Waals surface area contributed by atoms with Gasteiger partial charge >= 0.3 is 6.09 Å². The van der Waals surface area contributed by atoms with E-state index in [1.165, 1.54) is 12.8 Å². The number of carbonyl (C=O) groups is 1. The van der Waals surface area contributed by atoms with E-state index in [0.29, 0.717) is 25.1 Å². The summed E-state index contributed by atoms with van der Waals surface area (Å²) in [5.74, 6) is 0.531. The predicted molar refractivity (Wildman–Crippen MR) is 86.9 cm³/mol. The molecular weight excluding hydrogens is 359 g/mol. The molecule has 0 aliphatic heterocycles. The normalized spacial score (nSPS) is 15.5. The van der Waals surface area contributed by atoms with Crippen molar-refractivity contribution in [3.8, 4) is 0 Å². The number of aliphatic imine (C=N–C) groups is 1. The van der Waals surface area contributed by atoms with E-state index in [1.807, 2.05) is 32.7 Å². The van der Waals surface area contributed by atoms with E-state index >= 15 is 0 Å². The number of amides is 1. The molecule has 0 spiro atoms. The molecule has 0 bridgehead atoms. The number of rotatable bonds is 4. The third-order valence-electron chi connectivity index (χ3n) is 2.51. The largest absolute Gasteiger partial charge is 0.444 e. The van der Waals surface area contributed by atoms with Gasteiger partial charge in [0.05, 0.1) is 6.54 Å². The smallest absolute Gasteiger partial charge is 0.407 e. The fourth-order valence-electron chi connectivity index (χ4n) is 1.40. The van der Waals surface area contributed by atoms with Crippen molar-refractivity contribution in [1.82, 2.24) is 10.2 Å². The molecule has 7 heteroatoms. The minimum Gasteiger partial charge on any atom is -0.444 e.